The Morgan fingerprint density at radius 3 is 2.62 bits per heavy atom. The maximum Gasteiger partial charge on any atom is 0.124 e. The number of rotatable bonds is 2. The van der Waals surface area contributed by atoms with Crippen LogP contribution in [0.5, 0.6) is 5.75 Å². The summed E-state index contributed by atoms with van der Waals surface area (Å²) >= 11 is 1.49. The molecule has 104 valence electrons. The maximum absolute atomic E-state index is 10.6. The molecular weight excluding hydrogens is 284 g/mol. The average molecular weight is 296 g/mol. The van der Waals surface area contributed by atoms with Gasteiger partial charge in [0.25, 0.3) is 0 Å². The molecule has 3 unspecified atom stereocenters. The van der Waals surface area contributed by atoms with Crippen molar-refractivity contribution in [3.63, 3.8) is 0 Å². The Balaban J connectivity index is 2.08. The van der Waals surface area contributed by atoms with E-state index in [0.717, 1.165) is 10.4 Å². The van der Waals surface area contributed by atoms with Gasteiger partial charge in [-0.15, -0.1) is 11.3 Å². The molecule has 5 heteroatoms. The highest BCUT2D eigenvalue weighted by Gasteiger charge is 2.38. The molecule has 1 aromatic carbocycles. The molecule has 0 bridgehead atoms. The number of hydrogen-bond donors (Lipinski definition) is 1. The van der Waals surface area contributed by atoms with E-state index in [9.17, 15) is 5.11 Å². The number of fused-ring (bicyclic) bond motifs is 1. The van der Waals surface area contributed by atoms with Gasteiger partial charge in [-0.25, -0.2) is 0 Å². The van der Waals surface area contributed by atoms with Gasteiger partial charge >= 0.3 is 0 Å². The first-order valence-corrected chi connectivity index (χ1v) is 7.40. The standard InChI is InChI=1S/C16H12N2O2S/c1-9-15(16(19)14-3-2-4-21-14)12-5-10(7-17)11(8-18)6-13(12)20-9/h2-6,9,15-16,19H,1H3. The predicted octanol–water partition coefficient (Wildman–Crippen LogP) is 3.09. The second kappa shape index (κ2) is 5.21. The fraction of sp³-hybridized carbons (Fsp3) is 0.250. The van der Waals surface area contributed by atoms with Gasteiger partial charge < -0.3 is 9.84 Å². The van der Waals surface area contributed by atoms with Crippen molar-refractivity contribution >= 4 is 11.3 Å². The highest BCUT2D eigenvalue weighted by molar-refractivity contribution is 7.10. The first-order valence-electron chi connectivity index (χ1n) is 6.52. The van der Waals surface area contributed by atoms with Crippen molar-refractivity contribution in [1.82, 2.24) is 0 Å². The van der Waals surface area contributed by atoms with E-state index < -0.39 is 6.10 Å². The lowest BCUT2D eigenvalue weighted by Crippen LogP contribution is -2.20. The fourth-order valence-electron chi connectivity index (χ4n) is 2.73. The van der Waals surface area contributed by atoms with Crippen molar-refractivity contribution in [2.24, 2.45) is 0 Å². The Morgan fingerprint density at radius 1 is 1.29 bits per heavy atom. The Kier molecular flexibility index (Phi) is 3.39. The number of thiophene rings is 1. The number of aliphatic hydroxyl groups excluding tert-OH is 1. The van der Waals surface area contributed by atoms with Crippen LogP contribution in [0.15, 0.2) is 29.6 Å². The van der Waals surface area contributed by atoms with E-state index in [1.807, 2.05) is 36.6 Å². The third-order valence-electron chi connectivity index (χ3n) is 3.74. The van der Waals surface area contributed by atoms with Crippen molar-refractivity contribution in [3.05, 3.63) is 51.2 Å². The molecule has 3 rings (SSSR count). The smallest absolute Gasteiger partial charge is 0.124 e. The Labute approximate surface area is 126 Å². The topological polar surface area (TPSA) is 77.0 Å². The van der Waals surface area contributed by atoms with Crippen LogP contribution in [0.2, 0.25) is 0 Å². The largest absolute Gasteiger partial charge is 0.490 e. The van der Waals surface area contributed by atoms with Crippen LogP contribution in [0.3, 0.4) is 0 Å². The van der Waals surface area contributed by atoms with Crippen LogP contribution in [0.25, 0.3) is 0 Å². The van der Waals surface area contributed by atoms with Crippen LogP contribution in [0.4, 0.5) is 0 Å². The van der Waals surface area contributed by atoms with Crippen molar-refractivity contribution in [3.8, 4) is 17.9 Å². The van der Waals surface area contributed by atoms with Crippen LogP contribution in [0, 0.1) is 22.7 Å². The van der Waals surface area contributed by atoms with Crippen molar-refractivity contribution in [2.45, 2.75) is 25.0 Å². The van der Waals surface area contributed by atoms with Crippen molar-refractivity contribution in [2.75, 3.05) is 0 Å². The normalized spacial score (nSPS) is 21.0. The zero-order chi connectivity index (χ0) is 15.0. The molecule has 1 aliphatic heterocycles. The monoisotopic (exact) mass is 296 g/mol. The van der Waals surface area contributed by atoms with Gasteiger partial charge in [0, 0.05) is 10.4 Å². The summed E-state index contributed by atoms with van der Waals surface area (Å²) in [5.74, 6) is 0.345. The van der Waals surface area contributed by atoms with Crippen LogP contribution in [0.1, 0.15) is 40.5 Å². The molecule has 3 atom stereocenters. The van der Waals surface area contributed by atoms with Crippen LogP contribution < -0.4 is 4.74 Å². The van der Waals surface area contributed by atoms with E-state index in [0.29, 0.717) is 16.9 Å². The molecule has 21 heavy (non-hydrogen) atoms. The number of nitrogens with zero attached hydrogens (tertiary/aromatic N) is 2. The Hall–Kier alpha value is -2.34. The number of nitriles is 2. The summed E-state index contributed by atoms with van der Waals surface area (Å²) in [7, 11) is 0. The summed E-state index contributed by atoms with van der Waals surface area (Å²) in [5, 5.41) is 30.7. The summed E-state index contributed by atoms with van der Waals surface area (Å²) in [5.41, 5.74) is 1.41. The predicted molar refractivity (Wildman–Crippen MR) is 78.0 cm³/mol. The molecule has 0 spiro atoms. The quantitative estimate of drug-likeness (QED) is 0.923. The molecule has 0 aliphatic carbocycles. The highest BCUT2D eigenvalue weighted by atomic mass is 32.1. The van der Waals surface area contributed by atoms with Gasteiger partial charge in [0.05, 0.1) is 23.1 Å². The van der Waals surface area contributed by atoms with Gasteiger partial charge in [-0.2, -0.15) is 10.5 Å². The van der Waals surface area contributed by atoms with Crippen molar-refractivity contribution in [1.29, 1.82) is 10.5 Å². The van der Waals surface area contributed by atoms with Gasteiger partial charge in [0.15, 0.2) is 0 Å². The molecular formula is C16H12N2O2S. The number of ether oxygens (including phenoxy) is 1. The highest BCUT2D eigenvalue weighted by Crippen LogP contribution is 2.46. The van der Waals surface area contributed by atoms with E-state index in [1.165, 1.54) is 11.3 Å². The van der Waals surface area contributed by atoms with Crippen molar-refractivity contribution < 1.29 is 9.84 Å². The van der Waals surface area contributed by atoms with Crippen LogP contribution in [-0.4, -0.2) is 11.2 Å². The molecule has 0 saturated carbocycles. The van der Waals surface area contributed by atoms with Gasteiger partial charge in [-0.1, -0.05) is 6.07 Å². The Bertz CT molecular complexity index is 756. The van der Waals surface area contributed by atoms with E-state index in [4.69, 9.17) is 15.3 Å². The number of benzene rings is 1. The molecule has 2 heterocycles. The van der Waals surface area contributed by atoms with Gasteiger partial charge in [-0.05, 0) is 30.5 Å². The van der Waals surface area contributed by atoms with E-state index >= 15 is 0 Å². The summed E-state index contributed by atoms with van der Waals surface area (Å²) < 4.78 is 5.76. The minimum Gasteiger partial charge on any atom is -0.490 e. The van der Waals surface area contributed by atoms with E-state index in [-0.39, 0.29) is 12.0 Å². The molecule has 0 radical (unpaired) electrons. The first kappa shape index (κ1) is 13.6. The van der Waals surface area contributed by atoms with E-state index in [2.05, 4.69) is 0 Å². The lowest BCUT2D eigenvalue weighted by atomic mass is 9.88. The number of hydrogen-bond acceptors (Lipinski definition) is 5. The summed E-state index contributed by atoms with van der Waals surface area (Å²) in [6, 6.07) is 11.1. The summed E-state index contributed by atoms with van der Waals surface area (Å²) in [6.45, 7) is 1.89. The molecule has 2 aromatic rings. The molecule has 1 aliphatic rings. The molecule has 1 N–H and O–H groups in total. The second-order valence-corrected chi connectivity index (χ2v) is 5.95. The lowest BCUT2D eigenvalue weighted by molar-refractivity contribution is 0.0993. The third kappa shape index (κ3) is 2.17. The zero-order valence-electron chi connectivity index (χ0n) is 11.3. The number of aliphatic hydroxyl groups is 1. The zero-order valence-corrected chi connectivity index (χ0v) is 12.1. The van der Waals surface area contributed by atoms with Gasteiger partial charge in [-0.3, -0.25) is 0 Å². The van der Waals surface area contributed by atoms with E-state index in [1.54, 1.807) is 12.1 Å². The lowest BCUT2D eigenvalue weighted by Gasteiger charge is -2.20. The maximum atomic E-state index is 10.6. The molecule has 0 amide bonds. The SMILES string of the molecule is CC1Oc2cc(C#N)c(C#N)cc2C1C(O)c1cccs1. The first-order chi connectivity index (χ1) is 10.2. The summed E-state index contributed by atoms with van der Waals surface area (Å²) in [4.78, 5) is 0.867. The van der Waals surface area contributed by atoms with Gasteiger partial charge in [0.1, 0.15) is 24.0 Å². The molecule has 0 saturated heterocycles. The second-order valence-electron chi connectivity index (χ2n) is 4.97. The minimum absolute atomic E-state index is 0.211. The molecule has 4 nitrogen and oxygen atoms in total. The van der Waals surface area contributed by atoms with Crippen LogP contribution >= 0.6 is 11.3 Å². The molecule has 1 aromatic heterocycles. The average Bonchev–Trinajstić information content (AvgIpc) is 3.11. The Morgan fingerprint density at radius 2 is 2.00 bits per heavy atom. The van der Waals surface area contributed by atoms with Crippen LogP contribution in [-0.2, 0) is 0 Å². The fourth-order valence-corrected chi connectivity index (χ4v) is 3.49. The summed E-state index contributed by atoms with van der Waals surface area (Å²) in [6.07, 6.45) is -0.890. The minimum atomic E-state index is -0.680. The molecule has 0 fully saturated rings. The van der Waals surface area contributed by atoms with Gasteiger partial charge in [0.2, 0.25) is 0 Å². The third-order valence-corrected chi connectivity index (χ3v) is 4.69.